The Bertz CT molecular complexity index is 588. The van der Waals surface area contributed by atoms with Gasteiger partial charge in [0.05, 0.1) is 0 Å². The largest absolute Gasteiger partial charge is 0.357 e. The molecule has 0 spiro atoms. The first-order chi connectivity index (χ1) is 11.5. The molecule has 0 aromatic heterocycles. The Morgan fingerprint density at radius 1 is 1.08 bits per heavy atom. The summed E-state index contributed by atoms with van der Waals surface area (Å²) >= 11 is 0. The van der Waals surface area contributed by atoms with E-state index in [2.05, 4.69) is 37.1 Å². The molecule has 132 valence electrons. The van der Waals surface area contributed by atoms with E-state index >= 15 is 0 Å². The van der Waals surface area contributed by atoms with Crippen LogP contribution in [0.5, 0.6) is 0 Å². The van der Waals surface area contributed by atoms with E-state index in [1.807, 2.05) is 0 Å². The summed E-state index contributed by atoms with van der Waals surface area (Å²) in [5.74, 6) is -0.417. The summed E-state index contributed by atoms with van der Waals surface area (Å²) in [6.07, 6.45) is 6.14. The third-order valence-electron chi connectivity index (χ3n) is 4.06. The Hall–Kier alpha value is -1.88. The second-order valence-corrected chi connectivity index (χ2v) is 6.27. The standard InChI is InChI=1S/C19H29FN4/c1-4-7-17-14-18(24(12-5-2)13-6-3)23-19(21,22-17)15-8-10-16(20)11-9-15/h8-11,14,22H,4-7,12-13,21H2,1-3H3. The van der Waals surface area contributed by atoms with Crippen LogP contribution >= 0.6 is 0 Å². The lowest BCUT2D eigenvalue weighted by Crippen LogP contribution is -2.52. The van der Waals surface area contributed by atoms with E-state index < -0.39 is 5.79 Å². The molecule has 1 atom stereocenters. The SMILES string of the molecule is CCCC1=CC(N(CCC)CCC)=NC(N)(c2ccc(F)cc2)N1. The third kappa shape index (κ3) is 4.35. The highest BCUT2D eigenvalue weighted by atomic mass is 19.1. The number of hydrogen-bond donors (Lipinski definition) is 2. The predicted molar refractivity (Wildman–Crippen MR) is 98.0 cm³/mol. The van der Waals surface area contributed by atoms with Crippen molar-refractivity contribution >= 4 is 5.84 Å². The second kappa shape index (κ2) is 8.29. The molecule has 0 saturated carbocycles. The van der Waals surface area contributed by atoms with Gasteiger partial charge in [-0.3, -0.25) is 5.73 Å². The molecule has 24 heavy (non-hydrogen) atoms. The molecular weight excluding hydrogens is 303 g/mol. The molecule has 0 saturated heterocycles. The Balaban J connectivity index is 2.40. The van der Waals surface area contributed by atoms with Crippen LogP contribution in [0.1, 0.15) is 52.0 Å². The van der Waals surface area contributed by atoms with Crippen molar-refractivity contribution in [3.8, 4) is 0 Å². The number of hydrogen-bond acceptors (Lipinski definition) is 4. The molecular formula is C19H29FN4. The maximum Gasteiger partial charge on any atom is 0.211 e. The zero-order valence-corrected chi connectivity index (χ0v) is 15.0. The normalized spacial score (nSPS) is 20.2. The number of nitrogens with one attached hydrogen (secondary N) is 1. The summed E-state index contributed by atoms with van der Waals surface area (Å²) in [7, 11) is 0. The average Bonchev–Trinajstić information content (AvgIpc) is 2.55. The fraction of sp³-hybridized carbons (Fsp3) is 0.526. The number of benzene rings is 1. The van der Waals surface area contributed by atoms with Gasteiger partial charge in [0.25, 0.3) is 0 Å². The molecule has 1 aromatic rings. The maximum atomic E-state index is 13.3. The van der Waals surface area contributed by atoms with Gasteiger partial charge in [0.15, 0.2) is 0 Å². The fourth-order valence-electron chi connectivity index (χ4n) is 2.97. The van der Waals surface area contributed by atoms with E-state index in [-0.39, 0.29) is 5.82 Å². The minimum absolute atomic E-state index is 0.273. The van der Waals surface area contributed by atoms with Crippen molar-refractivity contribution in [3.63, 3.8) is 0 Å². The van der Waals surface area contributed by atoms with E-state index in [4.69, 9.17) is 10.7 Å². The van der Waals surface area contributed by atoms with Crippen LogP contribution < -0.4 is 11.1 Å². The summed E-state index contributed by atoms with van der Waals surface area (Å²) in [5.41, 5.74) is 8.42. The Kier molecular flexibility index (Phi) is 6.37. The molecule has 4 nitrogen and oxygen atoms in total. The number of halogens is 1. The van der Waals surface area contributed by atoms with Crippen molar-refractivity contribution in [2.75, 3.05) is 13.1 Å². The first-order valence-corrected chi connectivity index (χ1v) is 8.90. The van der Waals surface area contributed by atoms with Gasteiger partial charge < -0.3 is 10.2 Å². The summed E-state index contributed by atoms with van der Waals surface area (Å²) < 4.78 is 13.3. The highest BCUT2D eigenvalue weighted by Crippen LogP contribution is 2.25. The fourth-order valence-corrected chi connectivity index (χ4v) is 2.97. The number of nitrogens with zero attached hydrogens (tertiary/aromatic N) is 2. The molecule has 1 aliphatic heterocycles. The van der Waals surface area contributed by atoms with Crippen molar-refractivity contribution in [3.05, 3.63) is 47.4 Å². The van der Waals surface area contributed by atoms with Crippen LogP contribution in [0.4, 0.5) is 4.39 Å². The zero-order chi connectivity index (χ0) is 17.6. The molecule has 1 heterocycles. The van der Waals surface area contributed by atoms with Crippen molar-refractivity contribution in [2.45, 2.75) is 52.2 Å². The van der Waals surface area contributed by atoms with Gasteiger partial charge in [-0.1, -0.05) is 39.3 Å². The molecule has 1 unspecified atom stereocenters. The summed E-state index contributed by atoms with van der Waals surface area (Å²) in [6.45, 7) is 8.36. The lowest BCUT2D eigenvalue weighted by Gasteiger charge is -2.36. The average molecular weight is 332 g/mol. The van der Waals surface area contributed by atoms with Gasteiger partial charge in [-0.15, -0.1) is 0 Å². The van der Waals surface area contributed by atoms with Crippen LogP contribution in [0.3, 0.4) is 0 Å². The Morgan fingerprint density at radius 2 is 1.71 bits per heavy atom. The molecule has 2 rings (SSSR count). The van der Waals surface area contributed by atoms with Crippen LogP contribution in [0.25, 0.3) is 0 Å². The van der Waals surface area contributed by atoms with Gasteiger partial charge in [0, 0.05) is 24.4 Å². The predicted octanol–water partition coefficient (Wildman–Crippen LogP) is 3.70. The zero-order valence-electron chi connectivity index (χ0n) is 15.0. The van der Waals surface area contributed by atoms with Crippen molar-refractivity contribution in [1.29, 1.82) is 0 Å². The van der Waals surface area contributed by atoms with E-state index in [1.54, 1.807) is 12.1 Å². The highest BCUT2D eigenvalue weighted by Gasteiger charge is 2.31. The molecule has 3 N–H and O–H groups in total. The molecule has 0 radical (unpaired) electrons. The van der Waals surface area contributed by atoms with Crippen LogP contribution in [0.15, 0.2) is 41.0 Å². The molecule has 0 amide bonds. The van der Waals surface area contributed by atoms with Gasteiger partial charge in [-0.2, -0.15) is 0 Å². The number of amidine groups is 1. The van der Waals surface area contributed by atoms with Crippen molar-refractivity contribution < 1.29 is 4.39 Å². The summed E-state index contributed by atoms with van der Waals surface area (Å²) in [5, 5.41) is 3.34. The van der Waals surface area contributed by atoms with Gasteiger partial charge in [0.2, 0.25) is 5.79 Å². The highest BCUT2D eigenvalue weighted by molar-refractivity contribution is 5.94. The second-order valence-electron chi connectivity index (χ2n) is 6.27. The molecule has 0 bridgehead atoms. The van der Waals surface area contributed by atoms with E-state index in [9.17, 15) is 4.39 Å². The summed E-state index contributed by atoms with van der Waals surface area (Å²) in [4.78, 5) is 7.07. The van der Waals surface area contributed by atoms with Gasteiger partial charge in [0.1, 0.15) is 11.7 Å². The molecule has 0 aliphatic carbocycles. The smallest absolute Gasteiger partial charge is 0.211 e. The lowest BCUT2D eigenvalue weighted by molar-refractivity contribution is 0.357. The van der Waals surface area contributed by atoms with Crippen molar-refractivity contribution in [1.82, 2.24) is 10.2 Å². The maximum absolute atomic E-state index is 13.3. The van der Waals surface area contributed by atoms with Gasteiger partial charge in [-0.05, 0) is 37.5 Å². The first-order valence-electron chi connectivity index (χ1n) is 8.90. The number of aliphatic imine (C=N–C) groups is 1. The van der Waals surface area contributed by atoms with Gasteiger partial charge >= 0.3 is 0 Å². The minimum Gasteiger partial charge on any atom is -0.357 e. The lowest BCUT2D eigenvalue weighted by atomic mass is 10.0. The molecule has 1 aromatic carbocycles. The molecule has 5 heteroatoms. The van der Waals surface area contributed by atoms with Crippen LogP contribution in [-0.4, -0.2) is 23.8 Å². The molecule has 1 aliphatic rings. The Labute approximate surface area is 144 Å². The van der Waals surface area contributed by atoms with Gasteiger partial charge in [-0.25, -0.2) is 9.38 Å². The van der Waals surface area contributed by atoms with Crippen molar-refractivity contribution in [2.24, 2.45) is 10.7 Å². The van der Waals surface area contributed by atoms with Crippen LogP contribution in [0, 0.1) is 5.82 Å². The topological polar surface area (TPSA) is 53.6 Å². The third-order valence-corrected chi connectivity index (χ3v) is 4.06. The number of rotatable bonds is 7. The quantitative estimate of drug-likeness (QED) is 0.800. The Morgan fingerprint density at radius 3 is 2.25 bits per heavy atom. The molecule has 0 fully saturated rings. The number of nitrogens with two attached hydrogens (primary N) is 1. The number of allylic oxidation sites excluding steroid dienone is 1. The summed E-state index contributed by atoms with van der Waals surface area (Å²) in [6, 6.07) is 6.24. The monoisotopic (exact) mass is 332 g/mol. The van der Waals surface area contributed by atoms with Crippen LogP contribution in [0.2, 0.25) is 0 Å². The van der Waals surface area contributed by atoms with Crippen LogP contribution in [-0.2, 0) is 5.79 Å². The van der Waals surface area contributed by atoms with E-state index in [0.717, 1.165) is 55.9 Å². The van der Waals surface area contributed by atoms with E-state index in [1.165, 1.54) is 12.1 Å². The minimum atomic E-state index is -1.05. The first kappa shape index (κ1) is 18.5. The van der Waals surface area contributed by atoms with E-state index in [0.29, 0.717) is 0 Å².